The summed E-state index contributed by atoms with van der Waals surface area (Å²) in [4.78, 5) is 23.8. The van der Waals surface area contributed by atoms with Crippen LogP contribution in [0.2, 0.25) is 5.02 Å². The van der Waals surface area contributed by atoms with Crippen molar-refractivity contribution in [3.63, 3.8) is 0 Å². The molecule has 0 saturated carbocycles. The molecule has 0 unspecified atom stereocenters. The van der Waals surface area contributed by atoms with Gasteiger partial charge in [-0.1, -0.05) is 35.9 Å². The standard InChI is InChI=1S/C18H17ClO3/c1-3-6-14-12(2)17(11-16(14)20)22-18(21)10-9-13-7-4-5-8-15(13)19/h3-5,7-10,17H,1,6,11H2,2H3/b10-9-/t17-/m0/s1. The molecular weight excluding hydrogens is 300 g/mol. The number of Topliss-reactive ketones (excluding diaryl/α,β-unsaturated/α-hetero) is 1. The first kappa shape index (κ1) is 16.2. The summed E-state index contributed by atoms with van der Waals surface area (Å²) in [6, 6.07) is 7.20. The summed E-state index contributed by atoms with van der Waals surface area (Å²) in [6.07, 6.45) is 4.84. The van der Waals surface area contributed by atoms with Gasteiger partial charge in [0.25, 0.3) is 0 Å². The number of hydrogen-bond donors (Lipinski definition) is 0. The van der Waals surface area contributed by atoms with Gasteiger partial charge in [0, 0.05) is 16.7 Å². The lowest BCUT2D eigenvalue weighted by Gasteiger charge is -2.11. The number of carbonyl (C=O) groups is 2. The number of esters is 1. The fraction of sp³-hybridized carbons (Fsp3) is 0.222. The van der Waals surface area contributed by atoms with E-state index in [1.165, 1.54) is 6.08 Å². The minimum absolute atomic E-state index is 0.0188. The first-order valence-corrected chi connectivity index (χ1v) is 7.37. The first-order chi connectivity index (χ1) is 10.5. The van der Waals surface area contributed by atoms with Crippen LogP contribution in [0.1, 0.15) is 25.3 Å². The van der Waals surface area contributed by atoms with E-state index < -0.39 is 12.1 Å². The van der Waals surface area contributed by atoms with Gasteiger partial charge < -0.3 is 4.74 Å². The molecule has 1 aromatic carbocycles. The van der Waals surface area contributed by atoms with Gasteiger partial charge in [-0.2, -0.15) is 0 Å². The molecule has 22 heavy (non-hydrogen) atoms. The Hall–Kier alpha value is -2.13. The minimum Gasteiger partial charge on any atom is -0.454 e. The maximum absolute atomic E-state index is 11.9. The topological polar surface area (TPSA) is 43.4 Å². The predicted molar refractivity (Wildman–Crippen MR) is 87.5 cm³/mol. The smallest absolute Gasteiger partial charge is 0.331 e. The van der Waals surface area contributed by atoms with E-state index in [0.717, 1.165) is 11.1 Å². The van der Waals surface area contributed by atoms with E-state index in [1.807, 2.05) is 19.1 Å². The van der Waals surface area contributed by atoms with Crippen molar-refractivity contribution in [2.45, 2.75) is 25.9 Å². The zero-order valence-electron chi connectivity index (χ0n) is 12.3. The molecule has 0 heterocycles. The molecule has 0 spiro atoms. The van der Waals surface area contributed by atoms with Crippen molar-refractivity contribution in [3.8, 4) is 0 Å². The van der Waals surface area contributed by atoms with Crippen LogP contribution in [0.5, 0.6) is 0 Å². The number of benzene rings is 1. The maximum atomic E-state index is 11.9. The predicted octanol–water partition coefficient (Wildman–Crippen LogP) is 4.13. The van der Waals surface area contributed by atoms with Crippen LogP contribution >= 0.6 is 11.6 Å². The van der Waals surface area contributed by atoms with Crippen LogP contribution in [0.4, 0.5) is 0 Å². The van der Waals surface area contributed by atoms with Gasteiger partial charge in [-0.15, -0.1) is 6.58 Å². The molecule has 0 aromatic heterocycles. The van der Waals surface area contributed by atoms with Gasteiger partial charge in [-0.05, 0) is 36.6 Å². The van der Waals surface area contributed by atoms with E-state index in [4.69, 9.17) is 16.3 Å². The molecule has 0 bridgehead atoms. The van der Waals surface area contributed by atoms with Crippen molar-refractivity contribution in [2.24, 2.45) is 0 Å². The fourth-order valence-electron chi connectivity index (χ4n) is 2.36. The highest BCUT2D eigenvalue weighted by molar-refractivity contribution is 6.32. The van der Waals surface area contributed by atoms with E-state index in [1.54, 1.807) is 24.3 Å². The van der Waals surface area contributed by atoms with Crippen molar-refractivity contribution < 1.29 is 14.3 Å². The van der Waals surface area contributed by atoms with E-state index in [0.29, 0.717) is 17.0 Å². The Labute approximate surface area is 134 Å². The van der Waals surface area contributed by atoms with E-state index in [2.05, 4.69) is 6.58 Å². The number of carbonyl (C=O) groups excluding carboxylic acids is 2. The molecule has 3 nitrogen and oxygen atoms in total. The Morgan fingerprint density at radius 1 is 1.45 bits per heavy atom. The third-order valence-corrected chi connectivity index (χ3v) is 3.92. The van der Waals surface area contributed by atoms with Crippen molar-refractivity contribution >= 4 is 29.4 Å². The molecule has 1 aliphatic carbocycles. The van der Waals surface area contributed by atoms with E-state index in [-0.39, 0.29) is 12.2 Å². The maximum Gasteiger partial charge on any atom is 0.331 e. The molecule has 0 aliphatic heterocycles. The zero-order valence-corrected chi connectivity index (χ0v) is 13.1. The molecule has 0 saturated heterocycles. The van der Waals surface area contributed by atoms with Crippen LogP contribution in [0.3, 0.4) is 0 Å². The molecule has 0 amide bonds. The molecule has 1 aliphatic rings. The number of ether oxygens (including phenoxy) is 1. The summed E-state index contributed by atoms with van der Waals surface area (Å²) < 4.78 is 5.35. The second kappa shape index (κ2) is 7.23. The van der Waals surface area contributed by atoms with Crippen molar-refractivity contribution in [3.05, 3.63) is 64.7 Å². The molecule has 4 heteroatoms. The van der Waals surface area contributed by atoms with Gasteiger partial charge in [-0.25, -0.2) is 4.79 Å². The molecule has 1 aromatic rings. The largest absolute Gasteiger partial charge is 0.454 e. The van der Waals surface area contributed by atoms with Gasteiger partial charge in [0.1, 0.15) is 6.10 Å². The monoisotopic (exact) mass is 316 g/mol. The molecular formula is C18H17ClO3. The van der Waals surface area contributed by atoms with Gasteiger partial charge in [0.15, 0.2) is 5.78 Å². The summed E-state index contributed by atoms with van der Waals surface area (Å²) >= 11 is 6.01. The molecule has 0 radical (unpaired) electrons. The highest BCUT2D eigenvalue weighted by atomic mass is 35.5. The second-order valence-corrected chi connectivity index (χ2v) is 5.47. The minimum atomic E-state index is -0.489. The van der Waals surface area contributed by atoms with Gasteiger partial charge >= 0.3 is 5.97 Å². The van der Waals surface area contributed by atoms with Crippen LogP contribution in [0.15, 0.2) is 54.1 Å². The second-order valence-electron chi connectivity index (χ2n) is 5.06. The molecule has 2 rings (SSSR count). The number of allylic oxidation sites excluding steroid dienone is 2. The van der Waals surface area contributed by atoms with Crippen LogP contribution in [0.25, 0.3) is 6.08 Å². The summed E-state index contributed by atoms with van der Waals surface area (Å²) in [5.41, 5.74) is 2.25. The average molecular weight is 317 g/mol. The summed E-state index contributed by atoms with van der Waals surface area (Å²) in [6.45, 7) is 5.45. The Morgan fingerprint density at radius 2 is 2.18 bits per heavy atom. The van der Waals surface area contributed by atoms with E-state index in [9.17, 15) is 9.59 Å². The third kappa shape index (κ3) is 3.74. The fourth-order valence-corrected chi connectivity index (χ4v) is 2.55. The normalized spacial score (nSPS) is 18.1. The zero-order chi connectivity index (χ0) is 16.1. The molecule has 1 atom stereocenters. The SMILES string of the molecule is C=CCC1=C(C)[C@@H](OC(=O)/C=C\c2ccccc2Cl)CC1=O. The van der Waals surface area contributed by atoms with Crippen LogP contribution < -0.4 is 0 Å². The lowest BCUT2D eigenvalue weighted by molar-refractivity contribution is -0.141. The Balaban J connectivity index is 2.03. The average Bonchev–Trinajstić information content (AvgIpc) is 2.74. The van der Waals surface area contributed by atoms with Gasteiger partial charge in [0.05, 0.1) is 6.42 Å². The lowest BCUT2D eigenvalue weighted by atomic mass is 10.1. The van der Waals surface area contributed by atoms with Crippen LogP contribution in [-0.4, -0.2) is 17.9 Å². The number of halogens is 1. The Bertz CT molecular complexity index is 671. The quantitative estimate of drug-likeness (QED) is 0.466. The van der Waals surface area contributed by atoms with Gasteiger partial charge in [0.2, 0.25) is 0 Å². The van der Waals surface area contributed by atoms with Crippen molar-refractivity contribution in [1.29, 1.82) is 0 Å². The number of rotatable bonds is 5. The molecule has 0 N–H and O–H groups in total. The summed E-state index contributed by atoms with van der Waals surface area (Å²) in [7, 11) is 0. The number of ketones is 1. The Morgan fingerprint density at radius 3 is 2.86 bits per heavy atom. The van der Waals surface area contributed by atoms with Crippen LogP contribution in [0, 0.1) is 0 Å². The van der Waals surface area contributed by atoms with Crippen molar-refractivity contribution in [1.82, 2.24) is 0 Å². The molecule has 0 fully saturated rings. The highest BCUT2D eigenvalue weighted by Gasteiger charge is 2.30. The first-order valence-electron chi connectivity index (χ1n) is 7.00. The third-order valence-electron chi connectivity index (χ3n) is 3.58. The van der Waals surface area contributed by atoms with Crippen molar-refractivity contribution in [2.75, 3.05) is 0 Å². The summed E-state index contributed by atoms with van der Waals surface area (Å²) in [5, 5.41) is 0.562. The highest BCUT2D eigenvalue weighted by Crippen LogP contribution is 2.28. The van der Waals surface area contributed by atoms with Gasteiger partial charge in [-0.3, -0.25) is 4.79 Å². The summed E-state index contributed by atoms with van der Waals surface area (Å²) in [5.74, 6) is -0.470. The number of hydrogen-bond acceptors (Lipinski definition) is 3. The lowest BCUT2D eigenvalue weighted by Crippen LogP contribution is -2.16. The Kier molecular flexibility index (Phi) is 5.34. The van der Waals surface area contributed by atoms with E-state index >= 15 is 0 Å². The molecule has 114 valence electrons. The van der Waals surface area contributed by atoms with Crippen LogP contribution in [-0.2, 0) is 14.3 Å².